The van der Waals surface area contributed by atoms with Gasteiger partial charge in [-0.05, 0) is 18.2 Å². The third-order valence-electron chi connectivity index (χ3n) is 2.52. The number of amides is 2. The smallest absolute Gasteiger partial charge is 0.363 e. The van der Waals surface area contributed by atoms with Crippen LogP contribution in [0.3, 0.4) is 0 Å². The molecule has 124 valence electrons. The van der Waals surface area contributed by atoms with Gasteiger partial charge in [0.25, 0.3) is 0 Å². The quantitative estimate of drug-likeness (QED) is 0.799. The van der Waals surface area contributed by atoms with Crippen LogP contribution >= 0.6 is 0 Å². The maximum absolute atomic E-state index is 12.7. The molecule has 1 aromatic heterocycles. The van der Waals surface area contributed by atoms with Gasteiger partial charge in [-0.2, -0.15) is 26.3 Å². The number of halogens is 6. The summed E-state index contributed by atoms with van der Waals surface area (Å²) < 4.78 is 80.4. The number of nitrogens with one attached hydrogen (secondary N) is 2. The van der Waals surface area contributed by atoms with Gasteiger partial charge in [0.15, 0.2) is 5.82 Å². The van der Waals surface area contributed by atoms with E-state index in [4.69, 9.17) is 0 Å². The molecule has 2 N–H and O–H groups in total. The van der Waals surface area contributed by atoms with Crippen molar-refractivity contribution < 1.29 is 35.7 Å². The van der Waals surface area contributed by atoms with Crippen molar-refractivity contribution in [2.24, 2.45) is 0 Å². The van der Waals surface area contributed by atoms with Crippen LogP contribution in [0, 0.1) is 0 Å². The molecule has 0 bridgehead atoms. The molecule has 0 saturated heterocycles. The second-order valence-electron chi connectivity index (χ2n) is 4.26. The zero-order chi connectivity index (χ0) is 17.3. The average Bonchev–Trinajstić information content (AvgIpc) is 2.88. The van der Waals surface area contributed by atoms with Crippen LogP contribution in [0.4, 0.5) is 42.6 Å². The summed E-state index contributed by atoms with van der Waals surface area (Å²) in [6.45, 7) is 0. The van der Waals surface area contributed by atoms with E-state index in [-0.39, 0.29) is 11.9 Å². The summed E-state index contributed by atoms with van der Waals surface area (Å²) in [5, 5.41) is 7.25. The molecule has 0 fully saturated rings. The number of hydrogen-bond donors (Lipinski definition) is 2. The molecule has 0 unspecified atom stereocenters. The average molecular weight is 339 g/mol. The predicted octanol–water partition coefficient (Wildman–Crippen LogP) is 4.36. The largest absolute Gasteiger partial charge is 0.416 e. The minimum absolute atomic E-state index is 0.0410. The number of anilines is 2. The minimum Gasteiger partial charge on any atom is -0.363 e. The summed E-state index contributed by atoms with van der Waals surface area (Å²) in [5.74, 6) is -0.0643. The van der Waals surface area contributed by atoms with E-state index < -0.39 is 35.2 Å². The third-order valence-corrected chi connectivity index (χ3v) is 2.52. The molecule has 0 spiro atoms. The molecule has 2 aromatic rings. The highest BCUT2D eigenvalue weighted by Crippen LogP contribution is 2.37. The van der Waals surface area contributed by atoms with Gasteiger partial charge in [-0.3, -0.25) is 5.32 Å². The molecule has 1 heterocycles. The van der Waals surface area contributed by atoms with Crippen LogP contribution in [-0.4, -0.2) is 11.2 Å². The lowest BCUT2D eigenvalue weighted by Crippen LogP contribution is -2.21. The first-order valence-electron chi connectivity index (χ1n) is 5.83. The Bertz CT molecular complexity index is 662. The van der Waals surface area contributed by atoms with Crippen LogP contribution in [0.2, 0.25) is 0 Å². The SMILES string of the molecule is O=C(Nc1cc(C(F)(F)F)cc(C(F)(F)F)c1)Nc1ccon1. The molecule has 0 aliphatic heterocycles. The first kappa shape index (κ1) is 16.6. The van der Waals surface area contributed by atoms with Gasteiger partial charge in [-0.1, -0.05) is 5.16 Å². The fourth-order valence-electron chi connectivity index (χ4n) is 1.58. The second-order valence-corrected chi connectivity index (χ2v) is 4.26. The lowest BCUT2D eigenvalue weighted by molar-refractivity contribution is -0.143. The van der Waals surface area contributed by atoms with Crippen LogP contribution in [0.25, 0.3) is 0 Å². The number of hydrogen-bond acceptors (Lipinski definition) is 3. The third kappa shape index (κ3) is 4.37. The molecule has 0 atom stereocenters. The molecule has 23 heavy (non-hydrogen) atoms. The molecular formula is C12H7F6N3O2. The number of nitrogens with zero attached hydrogens (tertiary/aromatic N) is 1. The number of urea groups is 1. The summed E-state index contributed by atoms with van der Waals surface area (Å²) in [5.41, 5.74) is -3.75. The van der Waals surface area contributed by atoms with Gasteiger partial charge in [-0.25, -0.2) is 4.79 Å². The highest BCUT2D eigenvalue weighted by atomic mass is 19.4. The van der Waals surface area contributed by atoms with Crippen molar-refractivity contribution in [3.8, 4) is 0 Å². The van der Waals surface area contributed by atoms with Crippen molar-refractivity contribution in [1.29, 1.82) is 0 Å². The van der Waals surface area contributed by atoms with Crippen LogP contribution < -0.4 is 10.6 Å². The Labute approximate surface area is 124 Å². The lowest BCUT2D eigenvalue weighted by atomic mass is 10.1. The highest BCUT2D eigenvalue weighted by molar-refractivity contribution is 5.99. The van der Waals surface area contributed by atoms with Crippen LogP contribution in [-0.2, 0) is 12.4 Å². The molecule has 2 rings (SSSR count). The zero-order valence-electron chi connectivity index (χ0n) is 10.9. The van der Waals surface area contributed by atoms with Gasteiger partial charge >= 0.3 is 18.4 Å². The van der Waals surface area contributed by atoms with Crippen LogP contribution in [0.15, 0.2) is 35.1 Å². The molecule has 0 aliphatic carbocycles. The standard InChI is InChI=1S/C12H7F6N3O2/c13-11(14,15)6-3-7(12(16,17)18)5-8(4-6)19-10(22)20-9-1-2-23-21-9/h1-5H,(H2,19,20,21,22). The molecule has 11 heteroatoms. The van der Waals surface area contributed by atoms with E-state index in [1.54, 1.807) is 0 Å². The highest BCUT2D eigenvalue weighted by Gasteiger charge is 2.37. The Hall–Kier alpha value is -2.72. The first-order chi connectivity index (χ1) is 10.6. The van der Waals surface area contributed by atoms with Crippen molar-refractivity contribution in [3.63, 3.8) is 0 Å². The molecule has 0 radical (unpaired) electrons. The summed E-state index contributed by atoms with van der Waals surface area (Å²) in [6, 6.07) is 0.884. The van der Waals surface area contributed by atoms with E-state index in [2.05, 4.69) is 15.0 Å². The van der Waals surface area contributed by atoms with E-state index in [1.165, 1.54) is 6.07 Å². The minimum atomic E-state index is -5.00. The Morgan fingerprint density at radius 2 is 1.52 bits per heavy atom. The summed E-state index contributed by atoms with van der Waals surface area (Å²) in [4.78, 5) is 11.5. The van der Waals surface area contributed by atoms with Crippen molar-refractivity contribution in [2.75, 3.05) is 10.6 Å². The molecular weight excluding hydrogens is 332 g/mol. The zero-order valence-corrected chi connectivity index (χ0v) is 10.9. The molecule has 1 aromatic carbocycles. The Kier molecular flexibility index (Phi) is 4.21. The van der Waals surface area contributed by atoms with E-state index in [0.717, 1.165) is 6.26 Å². The van der Waals surface area contributed by atoms with Crippen LogP contribution in [0.1, 0.15) is 11.1 Å². The number of rotatable bonds is 2. The van der Waals surface area contributed by atoms with Crippen molar-refractivity contribution in [2.45, 2.75) is 12.4 Å². The van der Waals surface area contributed by atoms with Crippen molar-refractivity contribution >= 4 is 17.5 Å². The van der Waals surface area contributed by atoms with E-state index in [9.17, 15) is 31.1 Å². The van der Waals surface area contributed by atoms with E-state index in [1.807, 2.05) is 5.32 Å². The summed E-state index contributed by atoms with van der Waals surface area (Å²) >= 11 is 0. The topological polar surface area (TPSA) is 67.2 Å². The Morgan fingerprint density at radius 1 is 0.957 bits per heavy atom. The summed E-state index contributed by atoms with van der Waals surface area (Å²) in [7, 11) is 0. The monoisotopic (exact) mass is 339 g/mol. The normalized spacial score (nSPS) is 12.1. The van der Waals surface area contributed by atoms with Gasteiger partial charge in [0.1, 0.15) is 6.26 Å². The van der Waals surface area contributed by atoms with E-state index in [0.29, 0.717) is 12.1 Å². The molecule has 0 aliphatic rings. The van der Waals surface area contributed by atoms with Gasteiger partial charge in [0.05, 0.1) is 11.1 Å². The fraction of sp³-hybridized carbons (Fsp3) is 0.167. The molecule has 0 saturated carbocycles. The lowest BCUT2D eigenvalue weighted by Gasteiger charge is -2.14. The maximum Gasteiger partial charge on any atom is 0.416 e. The summed E-state index contributed by atoms with van der Waals surface area (Å²) in [6.07, 6.45) is -8.89. The maximum atomic E-state index is 12.7. The number of carbonyl (C=O) groups excluding carboxylic acids is 1. The predicted molar refractivity (Wildman–Crippen MR) is 65.6 cm³/mol. The van der Waals surface area contributed by atoms with Gasteiger partial charge in [-0.15, -0.1) is 0 Å². The number of alkyl halides is 6. The van der Waals surface area contributed by atoms with Gasteiger partial charge < -0.3 is 9.84 Å². The molecule has 2 amide bonds. The Morgan fingerprint density at radius 3 is 1.96 bits per heavy atom. The van der Waals surface area contributed by atoms with Crippen molar-refractivity contribution in [3.05, 3.63) is 41.7 Å². The number of aromatic nitrogens is 1. The second kappa shape index (κ2) is 5.82. The van der Waals surface area contributed by atoms with Crippen LogP contribution in [0.5, 0.6) is 0 Å². The van der Waals surface area contributed by atoms with Gasteiger partial charge in [0.2, 0.25) is 0 Å². The number of carbonyl (C=O) groups is 1. The van der Waals surface area contributed by atoms with E-state index >= 15 is 0 Å². The fourth-order valence-corrected chi connectivity index (χ4v) is 1.58. The first-order valence-corrected chi connectivity index (χ1v) is 5.83. The Balaban J connectivity index is 2.28. The molecule has 5 nitrogen and oxygen atoms in total. The van der Waals surface area contributed by atoms with Crippen molar-refractivity contribution in [1.82, 2.24) is 5.16 Å². The van der Waals surface area contributed by atoms with Gasteiger partial charge in [0, 0.05) is 11.8 Å². The number of benzene rings is 1.